The van der Waals surface area contributed by atoms with Gasteiger partial charge in [-0.2, -0.15) is 0 Å². The summed E-state index contributed by atoms with van der Waals surface area (Å²) in [5, 5.41) is 1.07. The summed E-state index contributed by atoms with van der Waals surface area (Å²) in [4.78, 5) is 4.80. The van der Waals surface area contributed by atoms with E-state index in [1.54, 1.807) is 0 Å². The first-order valence-electron chi connectivity index (χ1n) is 7.24. The van der Waals surface area contributed by atoms with Crippen molar-refractivity contribution in [1.82, 2.24) is 4.98 Å². The Morgan fingerprint density at radius 1 is 1.05 bits per heavy atom. The Bertz CT molecular complexity index is 751. The molecule has 3 nitrogen and oxygen atoms in total. The molecule has 0 atom stereocenters. The largest absolute Gasteiger partial charge is 0.323 e. The molecule has 0 saturated heterocycles. The van der Waals surface area contributed by atoms with E-state index in [-0.39, 0.29) is 0 Å². The SMILES string of the molecule is CCc1cc(NN)c2cccc(Cc3ccccc3)c2n1. The van der Waals surface area contributed by atoms with Crippen LogP contribution in [0.25, 0.3) is 10.9 Å². The van der Waals surface area contributed by atoms with Gasteiger partial charge in [0.2, 0.25) is 0 Å². The van der Waals surface area contributed by atoms with E-state index in [0.717, 1.165) is 35.1 Å². The van der Waals surface area contributed by atoms with Crippen molar-refractivity contribution in [3.8, 4) is 0 Å². The summed E-state index contributed by atoms with van der Waals surface area (Å²) in [5.41, 5.74) is 8.34. The van der Waals surface area contributed by atoms with Crippen molar-refractivity contribution >= 4 is 16.6 Å². The molecule has 3 heteroatoms. The van der Waals surface area contributed by atoms with Gasteiger partial charge in [-0.15, -0.1) is 0 Å². The maximum absolute atomic E-state index is 5.66. The van der Waals surface area contributed by atoms with Crippen molar-refractivity contribution in [1.29, 1.82) is 0 Å². The van der Waals surface area contributed by atoms with Gasteiger partial charge in [0, 0.05) is 11.1 Å². The van der Waals surface area contributed by atoms with E-state index < -0.39 is 0 Å². The highest BCUT2D eigenvalue weighted by atomic mass is 15.2. The molecule has 0 bridgehead atoms. The number of anilines is 1. The topological polar surface area (TPSA) is 50.9 Å². The van der Waals surface area contributed by atoms with Crippen LogP contribution >= 0.6 is 0 Å². The monoisotopic (exact) mass is 277 g/mol. The number of nitrogen functional groups attached to an aromatic ring is 1. The van der Waals surface area contributed by atoms with Gasteiger partial charge in [-0.1, -0.05) is 55.5 Å². The summed E-state index contributed by atoms with van der Waals surface area (Å²) in [5.74, 6) is 5.66. The number of aryl methyl sites for hydroxylation is 1. The number of nitrogens with one attached hydrogen (secondary N) is 1. The van der Waals surface area contributed by atoms with Gasteiger partial charge in [0.25, 0.3) is 0 Å². The molecule has 1 heterocycles. The van der Waals surface area contributed by atoms with Crippen LogP contribution in [-0.4, -0.2) is 4.98 Å². The zero-order chi connectivity index (χ0) is 14.7. The van der Waals surface area contributed by atoms with Crippen molar-refractivity contribution in [3.05, 3.63) is 71.4 Å². The number of aromatic nitrogens is 1. The molecule has 3 N–H and O–H groups in total. The van der Waals surface area contributed by atoms with Crippen LogP contribution in [-0.2, 0) is 12.8 Å². The third kappa shape index (κ3) is 2.73. The normalized spacial score (nSPS) is 10.8. The Kier molecular flexibility index (Phi) is 3.84. The highest BCUT2D eigenvalue weighted by Gasteiger charge is 2.08. The van der Waals surface area contributed by atoms with Gasteiger partial charge in [0.15, 0.2) is 0 Å². The lowest BCUT2D eigenvalue weighted by Gasteiger charge is -2.11. The number of hydrogen-bond donors (Lipinski definition) is 2. The first-order chi connectivity index (χ1) is 10.3. The maximum Gasteiger partial charge on any atom is 0.0761 e. The summed E-state index contributed by atoms with van der Waals surface area (Å²) in [6.07, 6.45) is 1.77. The minimum atomic E-state index is 0.877. The van der Waals surface area contributed by atoms with Crippen LogP contribution in [0.4, 0.5) is 5.69 Å². The minimum Gasteiger partial charge on any atom is -0.323 e. The van der Waals surface area contributed by atoms with Gasteiger partial charge in [0.05, 0.1) is 11.2 Å². The average Bonchev–Trinajstić information content (AvgIpc) is 2.55. The minimum absolute atomic E-state index is 0.877. The van der Waals surface area contributed by atoms with Crippen molar-refractivity contribution in [2.75, 3.05) is 5.43 Å². The number of para-hydroxylation sites is 1. The molecule has 2 aromatic carbocycles. The summed E-state index contributed by atoms with van der Waals surface area (Å²) in [7, 11) is 0. The Morgan fingerprint density at radius 2 is 1.86 bits per heavy atom. The molecule has 3 aromatic rings. The first-order valence-corrected chi connectivity index (χ1v) is 7.24. The van der Waals surface area contributed by atoms with Gasteiger partial charge in [-0.05, 0) is 30.0 Å². The van der Waals surface area contributed by atoms with Crippen LogP contribution in [0, 0.1) is 0 Å². The molecule has 1 aromatic heterocycles. The molecular formula is C18H19N3. The third-order valence-electron chi connectivity index (χ3n) is 3.73. The van der Waals surface area contributed by atoms with E-state index in [1.807, 2.05) is 12.1 Å². The molecule has 0 unspecified atom stereocenters. The second-order valence-electron chi connectivity index (χ2n) is 5.13. The number of benzene rings is 2. The fourth-order valence-electron chi connectivity index (χ4n) is 2.62. The van der Waals surface area contributed by atoms with Crippen molar-refractivity contribution < 1.29 is 0 Å². The van der Waals surface area contributed by atoms with Crippen LogP contribution in [0.2, 0.25) is 0 Å². The van der Waals surface area contributed by atoms with Gasteiger partial charge in [-0.3, -0.25) is 10.8 Å². The van der Waals surface area contributed by atoms with Crippen molar-refractivity contribution in [3.63, 3.8) is 0 Å². The number of hydrazine groups is 1. The summed E-state index contributed by atoms with van der Waals surface area (Å²) in [6.45, 7) is 2.11. The summed E-state index contributed by atoms with van der Waals surface area (Å²) in [6, 6.07) is 18.7. The quantitative estimate of drug-likeness (QED) is 0.565. The fraction of sp³-hybridized carbons (Fsp3) is 0.167. The predicted octanol–water partition coefficient (Wildman–Crippen LogP) is 3.67. The smallest absolute Gasteiger partial charge is 0.0761 e. The number of fused-ring (bicyclic) bond motifs is 1. The van der Waals surface area contributed by atoms with Gasteiger partial charge < -0.3 is 5.43 Å². The molecule has 0 amide bonds. The number of rotatable bonds is 4. The van der Waals surface area contributed by atoms with Crippen molar-refractivity contribution in [2.24, 2.45) is 5.84 Å². The number of hydrogen-bond acceptors (Lipinski definition) is 3. The van der Waals surface area contributed by atoms with Crippen LogP contribution < -0.4 is 11.3 Å². The highest BCUT2D eigenvalue weighted by molar-refractivity contribution is 5.93. The highest BCUT2D eigenvalue weighted by Crippen LogP contribution is 2.26. The van der Waals surface area contributed by atoms with Crippen LogP contribution in [0.3, 0.4) is 0 Å². The van der Waals surface area contributed by atoms with E-state index in [9.17, 15) is 0 Å². The molecule has 0 radical (unpaired) electrons. The molecular weight excluding hydrogens is 258 g/mol. The van der Waals surface area contributed by atoms with Crippen LogP contribution in [0.1, 0.15) is 23.7 Å². The maximum atomic E-state index is 5.66. The van der Waals surface area contributed by atoms with Gasteiger partial charge in [-0.25, -0.2) is 0 Å². The summed E-state index contributed by atoms with van der Waals surface area (Å²) < 4.78 is 0. The Labute approximate surface area is 124 Å². The molecule has 21 heavy (non-hydrogen) atoms. The van der Waals surface area contributed by atoms with Crippen LogP contribution in [0.15, 0.2) is 54.6 Å². The molecule has 0 aliphatic heterocycles. The second kappa shape index (κ2) is 5.94. The van der Waals surface area contributed by atoms with Gasteiger partial charge >= 0.3 is 0 Å². The average molecular weight is 277 g/mol. The number of nitrogens with two attached hydrogens (primary N) is 1. The van der Waals surface area contributed by atoms with E-state index in [1.165, 1.54) is 11.1 Å². The van der Waals surface area contributed by atoms with Crippen molar-refractivity contribution in [2.45, 2.75) is 19.8 Å². The molecule has 0 aliphatic rings. The zero-order valence-corrected chi connectivity index (χ0v) is 12.1. The fourth-order valence-corrected chi connectivity index (χ4v) is 2.62. The lowest BCUT2D eigenvalue weighted by atomic mass is 10.0. The Hall–Kier alpha value is -2.39. The lowest BCUT2D eigenvalue weighted by Crippen LogP contribution is -2.09. The predicted molar refractivity (Wildman–Crippen MR) is 88.2 cm³/mol. The molecule has 0 spiro atoms. The number of pyridine rings is 1. The van der Waals surface area contributed by atoms with Crippen LogP contribution in [0.5, 0.6) is 0 Å². The summed E-state index contributed by atoms with van der Waals surface area (Å²) >= 11 is 0. The Morgan fingerprint density at radius 3 is 2.57 bits per heavy atom. The Balaban J connectivity index is 2.14. The van der Waals surface area contributed by atoms with E-state index in [0.29, 0.717) is 0 Å². The van der Waals surface area contributed by atoms with E-state index >= 15 is 0 Å². The first kappa shape index (κ1) is 13.6. The standard InChI is InChI=1S/C18H19N3/c1-2-15-12-17(21-19)16-10-6-9-14(18(16)20-15)11-13-7-4-3-5-8-13/h3-10,12H,2,11,19H2,1H3,(H,20,21). The van der Waals surface area contributed by atoms with E-state index in [2.05, 4.69) is 54.8 Å². The third-order valence-corrected chi connectivity index (χ3v) is 3.73. The lowest BCUT2D eigenvalue weighted by molar-refractivity contribution is 1.05. The molecule has 0 saturated carbocycles. The van der Waals surface area contributed by atoms with E-state index in [4.69, 9.17) is 10.8 Å². The zero-order valence-electron chi connectivity index (χ0n) is 12.1. The second-order valence-corrected chi connectivity index (χ2v) is 5.13. The van der Waals surface area contributed by atoms with Gasteiger partial charge in [0.1, 0.15) is 0 Å². The number of nitrogens with zero attached hydrogens (tertiary/aromatic N) is 1. The molecule has 0 aliphatic carbocycles. The molecule has 106 valence electrons. The molecule has 3 rings (SSSR count). The molecule has 0 fully saturated rings.